The van der Waals surface area contributed by atoms with Crippen LogP contribution < -0.4 is 9.47 Å². The maximum atomic E-state index is 5.41. The van der Waals surface area contributed by atoms with Crippen molar-refractivity contribution in [3.05, 3.63) is 41.2 Å². The molecule has 0 spiro atoms. The van der Waals surface area contributed by atoms with E-state index in [9.17, 15) is 0 Å². The second-order valence-corrected chi connectivity index (χ2v) is 4.89. The second-order valence-electron chi connectivity index (χ2n) is 4.89. The molecule has 0 radical (unpaired) electrons. The van der Waals surface area contributed by atoms with Crippen LogP contribution in [0, 0.1) is 6.92 Å². The van der Waals surface area contributed by atoms with Crippen molar-refractivity contribution in [2.45, 2.75) is 20.0 Å². The number of methoxy groups -OCH3 is 2. The van der Waals surface area contributed by atoms with Crippen molar-refractivity contribution in [2.75, 3.05) is 21.3 Å². The fraction of sp³-hybridized carbons (Fsp3) is 0.400. The van der Waals surface area contributed by atoms with Crippen LogP contribution in [0.3, 0.4) is 0 Å². The van der Waals surface area contributed by atoms with Gasteiger partial charge < -0.3 is 9.47 Å². The number of H-pyrrole nitrogens is 1. The third kappa shape index (κ3) is 3.51. The van der Waals surface area contributed by atoms with Crippen molar-refractivity contribution in [3.8, 4) is 11.5 Å². The van der Waals surface area contributed by atoms with Crippen LogP contribution in [0.2, 0.25) is 0 Å². The fourth-order valence-electron chi connectivity index (χ4n) is 2.16. The van der Waals surface area contributed by atoms with Crippen LogP contribution >= 0.6 is 0 Å². The zero-order valence-corrected chi connectivity index (χ0v) is 12.4. The summed E-state index contributed by atoms with van der Waals surface area (Å²) in [6.07, 6.45) is 0. The van der Waals surface area contributed by atoms with Gasteiger partial charge >= 0.3 is 0 Å². The maximum absolute atomic E-state index is 5.41. The Balaban J connectivity index is 2.05. The summed E-state index contributed by atoms with van der Waals surface area (Å²) in [4.78, 5) is 2.19. The molecule has 2 aromatic rings. The molecule has 108 valence electrons. The van der Waals surface area contributed by atoms with Crippen LogP contribution in [0.15, 0.2) is 24.3 Å². The Morgan fingerprint density at radius 2 is 1.95 bits per heavy atom. The van der Waals surface area contributed by atoms with Gasteiger partial charge in [-0.3, -0.25) is 10.00 Å². The lowest BCUT2D eigenvalue weighted by molar-refractivity contribution is 0.305. The summed E-state index contributed by atoms with van der Waals surface area (Å²) in [7, 11) is 5.39. The fourth-order valence-corrected chi connectivity index (χ4v) is 2.16. The van der Waals surface area contributed by atoms with Gasteiger partial charge in [0.05, 0.1) is 19.9 Å². The summed E-state index contributed by atoms with van der Waals surface area (Å²) in [6.45, 7) is 3.58. The van der Waals surface area contributed by atoms with Crippen molar-refractivity contribution < 1.29 is 9.47 Å². The highest BCUT2D eigenvalue weighted by Crippen LogP contribution is 2.25. The first kappa shape index (κ1) is 14.4. The molecule has 0 fully saturated rings. The first-order valence-corrected chi connectivity index (χ1v) is 6.52. The minimum atomic E-state index is 0.791. The second kappa shape index (κ2) is 6.43. The number of nitrogens with zero attached hydrogens (tertiary/aromatic N) is 2. The smallest absolute Gasteiger partial charge is 0.127 e. The predicted molar refractivity (Wildman–Crippen MR) is 78.0 cm³/mol. The minimum Gasteiger partial charge on any atom is -0.497 e. The van der Waals surface area contributed by atoms with E-state index in [1.165, 1.54) is 0 Å². The number of aryl methyl sites for hydroxylation is 1. The largest absolute Gasteiger partial charge is 0.497 e. The van der Waals surface area contributed by atoms with Crippen molar-refractivity contribution in [1.82, 2.24) is 15.1 Å². The summed E-state index contributed by atoms with van der Waals surface area (Å²) in [5.74, 6) is 1.64. The molecule has 0 unspecified atom stereocenters. The van der Waals surface area contributed by atoms with Gasteiger partial charge in [-0.05, 0) is 26.1 Å². The molecular formula is C15H21N3O2. The van der Waals surface area contributed by atoms with Gasteiger partial charge in [0.2, 0.25) is 0 Å². The van der Waals surface area contributed by atoms with E-state index in [1.807, 2.05) is 25.1 Å². The molecule has 20 heavy (non-hydrogen) atoms. The Kier molecular flexibility index (Phi) is 4.63. The van der Waals surface area contributed by atoms with Crippen molar-refractivity contribution in [1.29, 1.82) is 0 Å². The van der Waals surface area contributed by atoms with Gasteiger partial charge in [0.15, 0.2) is 0 Å². The van der Waals surface area contributed by atoms with E-state index in [2.05, 4.69) is 28.2 Å². The predicted octanol–water partition coefficient (Wildman–Crippen LogP) is 2.37. The lowest BCUT2D eigenvalue weighted by Crippen LogP contribution is -2.18. The van der Waals surface area contributed by atoms with Crippen LogP contribution in [-0.4, -0.2) is 36.4 Å². The molecule has 0 aliphatic carbocycles. The van der Waals surface area contributed by atoms with Crippen molar-refractivity contribution >= 4 is 0 Å². The molecule has 5 nitrogen and oxygen atoms in total. The van der Waals surface area contributed by atoms with Gasteiger partial charge in [-0.15, -0.1) is 0 Å². The highest BCUT2D eigenvalue weighted by Gasteiger charge is 2.09. The number of aromatic amines is 1. The van der Waals surface area contributed by atoms with E-state index in [4.69, 9.17) is 9.47 Å². The Hall–Kier alpha value is -2.01. The SMILES string of the molecule is COc1ccc(CN(C)Cc2cc(C)[nH]n2)c(OC)c1. The van der Waals surface area contributed by atoms with E-state index in [0.29, 0.717) is 0 Å². The molecule has 1 aromatic heterocycles. The van der Waals surface area contributed by atoms with Crippen molar-refractivity contribution in [3.63, 3.8) is 0 Å². The molecule has 0 saturated heterocycles. The zero-order chi connectivity index (χ0) is 14.5. The number of aromatic nitrogens is 2. The highest BCUT2D eigenvalue weighted by atomic mass is 16.5. The lowest BCUT2D eigenvalue weighted by Gasteiger charge is -2.17. The van der Waals surface area contributed by atoms with Crippen LogP contribution in [-0.2, 0) is 13.1 Å². The van der Waals surface area contributed by atoms with Crippen molar-refractivity contribution in [2.24, 2.45) is 0 Å². The monoisotopic (exact) mass is 275 g/mol. The number of rotatable bonds is 6. The van der Waals surface area contributed by atoms with Crippen LogP contribution in [0.25, 0.3) is 0 Å². The third-order valence-corrected chi connectivity index (χ3v) is 3.13. The number of hydrogen-bond donors (Lipinski definition) is 1. The van der Waals surface area contributed by atoms with E-state index in [0.717, 1.165) is 41.5 Å². The number of ether oxygens (including phenoxy) is 2. The van der Waals surface area contributed by atoms with Gasteiger partial charge in [-0.1, -0.05) is 6.07 Å². The summed E-state index contributed by atoms with van der Waals surface area (Å²) in [5, 5.41) is 7.21. The van der Waals surface area contributed by atoms with E-state index < -0.39 is 0 Å². The molecule has 0 saturated carbocycles. The first-order valence-electron chi connectivity index (χ1n) is 6.52. The Bertz CT molecular complexity index is 566. The molecule has 1 aromatic carbocycles. The molecule has 0 aliphatic heterocycles. The van der Waals surface area contributed by atoms with Gasteiger partial charge in [0.25, 0.3) is 0 Å². The number of hydrogen-bond acceptors (Lipinski definition) is 4. The maximum Gasteiger partial charge on any atom is 0.127 e. The normalized spacial score (nSPS) is 10.8. The molecule has 5 heteroatoms. The molecule has 2 rings (SSSR count). The van der Waals surface area contributed by atoms with E-state index >= 15 is 0 Å². The molecule has 0 amide bonds. The number of nitrogens with one attached hydrogen (secondary N) is 1. The van der Waals surface area contributed by atoms with Gasteiger partial charge in [-0.2, -0.15) is 5.10 Å². The third-order valence-electron chi connectivity index (χ3n) is 3.13. The summed E-state index contributed by atoms with van der Waals surface area (Å²) in [5.41, 5.74) is 3.25. The van der Waals surface area contributed by atoms with E-state index in [1.54, 1.807) is 14.2 Å². The Morgan fingerprint density at radius 1 is 1.15 bits per heavy atom. The molecule has 0 aliphatic rings. The molecule has 1 heterocycles. The summed E-state index contributed by atoms with van der Waals surface area (Å²) >= 11 is 0. The van der Waals surface area contributed by atoms with Gasteiger partial charge in [0, 0.05) is 30.4 Å². The molecule has 0 bridgehead atoms. The topological polar surface area (TPSA) is 50.4 Å². The first-order chi connectivity index (χ1) is 9.62. The lowest BCUT2D eigenvalue weighted by atomic mass is 10.1. The van der Waals surface area contributed by atoms with Gasteiger partial charge in [0.1, 0.15) is 11.5 Å². The Labute approximate surface area is 119 Å². The average Bonchev–Trinajstić information content (AvgIpc) is 2.84. The number of benzene rings is 1. The van der Waals surface area contributed by atoms with Crippen LogP contribution in [0.1, 0.15) is 17.0 Å². The standard InChI is InChI=1S/C15H21N3O2/c1-11-7-13(17-16-11)10-18(2)9-12-5-6-14(19-3)8-15(12)20-4/h5-8H,9-10H2,1-4H3,(H,16,17). The van der Waals surface area contributed by atoms with Crippen LogP contribution in [0.5, 0.6) is 11.5 Å². The molecule has 0 atom stereocenters. The zero-order valence-electron chi connectivity index (χ0n) is 12.4. The van der Waals surface area contributed by atoms with E-state index in [-0.39, 0.29) is 0 Å². The van der Waals surface area contributed by atoms with Crippen LogP contribution in [0.4, 0.5) is 0 Å². The summed E-state index contributed by atoms with van der Waals surface area (Å²) in [6, 6.07) is 7.94. The minimum absolute atomic E-state index is 0.791. The van der Waals surface area contributed by atoms with Gasteiger partial charge in [-0.25, -0.2) is 0 Å². The quantitative estimate of drug-likeness (QED) is 0.879. The highest BCUT2D eigenvalue weighted by molar-refractivity contribution is 5.40. The molecular weight excluding hydrogens is 254 g/mol. The summed E-state index contributed by atoms with van der Waals surface area (Å²) < 4.78 is 10.6. The molecule has 1 N–H and O–H groups in total. The average molecular weight is 275 g/mol. The Morgan fingerprint density at radius 3 is 2.55 bits per heavy atom.